The van der Waals surface area contributed by atoms with Crippen LogP contribution in [-0.2, 0) is 6.54 Å². The summed E-state index contributed by atoms with van der Waals surface area (Å²) in [5.74, 6) is 0.843. The third kappa shape index (κ3) is 3.71. The molecule has 102 valence electrons. The van der Waals surface area contributed by atoms with E-state index in [2.05, 4.69) is 44.0 Å². The van der Waals surface area contributed by atoms with E-state index < -0.39 is 0 Å². The Morgan fingerprint density at radius 2 is 2.00 bits per heavy atom. The van der Waals surface area contributed by atoms with Gasteiger partial charge in [0.2, 0.25) is 0 Å². The van der Waals surface area contributed by atoms with E-state index >= 15 is 0 Å². The molecular weight excluding hydrogens is 244 g/mol. The first kappa shape index (κ1) is 15.5. The standard InChI is InChI=1S/C15H24N2.ClH/c1-11-4-5-12(2)14(8-11)10-17(3)15(9-16)13-6-7-13;/h4-5,8,13,15H,6-7,9-10,16H2,1-3H3;1H. The lowest BCUT2D eigenvalue weighted by Gasteiger charge is -2.27. The van der Waals surface area contributed by atoms with Crippen LogP contribution < -0.4 is 5.73 Å². The molecule has 2 N–H and O–H groups in total. The summed E-state index contributed by atoms with van der Waals surface area (Å²) in [4.78, 5) is 2.43. The van der Waals surface area contributed by atoms with E-state index in [-0.39, 0.29) is 12.4 Å². The van der Waals surface area contributed by atoms with Crippen molar-refractivity contribution in [3.8, 4) is 0 Å². The van der Waals surface area contributed by atoms with Crippen molar-refractivity contribution in [2.45, 2.75) is 39.3 Å². The van der Waals surface area contributed by atoms with E-state index in [4.69, 9.17) is 5.73 Å². The van der Waals surface area contributed by atoms with Gasteiger partial charge in [0.25, 0.3) is 0 Å². The number of hydrogen-bond donors (Lipinski definition) is 1. The highest BCUT2D eigenvalue weighted by Gasteiger charge is 2.32. The summed E-state index contributed by atoms with van der Waals surface area (Å²) in [7, 11) is 2.21. The van der Waals surface area contributed by atoms with Crippen molar-refractivity contribution < 1.29 is 0 Å². The van der Waals surface area contributed by atoms with Crippen LogP contribution in [-0.4, -0.2) is 24.5 Å². The maximum atomic E-state index is 5.89. The number of nitrogens with zero attached hydrogens (tertiary/aromatic N) is 1. The summed E-state index contributed by atoms with van der Waals surface area (Å²) in [5, 5.41) is 0. The number of benzene rings is 1. The largest absolute Gasteiger partial charge is 0.329 e. The SMILES string of the molecule is Cc1ccc(C)c(CN(C)C(CN)C2CC2)c1.Cl. The Balaban J connectivity index is 0.00000162. The second kappa shape index (κ2) is 6.55. The van der Waals surface area contributed by atoms with E-state index in [9.17, 15) is 0 Å². The fraction of sp³-hybridized carbons (Fsp3) is 0.600. The number of aryl methyl sites for hydroxylation is 2. The molecule has 0 aliphatic heterocycles. The average Bonchev–Trinajstić information content (AvgIpc) is 3.09. The topological polar surface area (TPSA) is 29.3 Å². The van der Waals surface area contributed by atoms with Gasteiger partial charge in [-0.2, -0.15) is 0 Å². The second-order valence-electron chi connectivity index (χ2n) is 5.49. The highest BCUT2D eigenvalue weighted by Crippen LogP contribution is 2.35. The van der Waals surface area contributed by atoms with Crippen molar-refractivity contribution in [1.82, 2.24) is 4.90 Å². The van der Waals surface area contributed by atoms with Gasteiger partial charge in [-0.3, -0.25) is 4.90 Å². The Kier molecular flexibility index (Phi) is 5.64. The lowest BCUT2D eigenvalue weighted by atomic mass is 10.0. The Labute approximate surface area is 117 Å². The summed E-state index contributed by atoms with van der Waals surface area (Å²) >= 11 is 0. The number of likely N-dealkylation sites (N-methyl/N-ethyl adjacent to an activating group) is 1. The van der Waals surface area contributed by atoms with Crippen molar-refractivity contribution >= 4 is 12.4 Å². The van der Waals surface area contributed by atoms with Gasteiger partial charge < -0.3 is 5.73 Å². The molecule has 0 radical (unpaired) electrons. The van der Waals surface area contributed by atoms with Gasteiger partial charge in [0.05, 0.1) is 0 Å². The molecule has 3 heteroatoms. The molecule has 0 heterocycles. The normalized spacial score (nSPS) is 16.5. The monoisotopic (exact) mass is 268 g/mol. The van der Waals surface area contributed by atoms with Crippen molar-refractivity contribution in [3.05, 3.63) is 34.9 Å². The lowest BCUT2D eigenvalue weighted by molar-refractivity contribution is 0.215. The van der Waals surface area contributed by atoms with E-state index in [0.29, 0.717) is 6.04 Å². The third-order valence-electron chi connectivity index (χ3n) is 3.90. The molecule has 0 bridgehead atoms. The minimum absolute atomic E-state index is 0. The first-order chi connectivity index (χ1) is 8.11. The molecule has 1 atom stereocenters. The molecule has 0 saturated heterocycles. The molecule has 1 saturated carbocycles. The van der Waals surface area contributed by atoms with E-state index in [1.54, 1.807) is 0 Å². The van der Waals surface area contributed by atoms with Gasteiger partial charge in [0, 0.05) is 19.1 Å². The quantitative estimate of drug-likeness (QED) is 0.890. The molecule has 1 aliphatic carbocycles. The average molecular weight is 269 g/mol. The van der Waals surface area contributed by atoms with Crippen LogP contribution in [0.15, 0.2) is 18.2 Å². The van der Waals surface area contributed by atoms with E-state index in [1.807, 2.05) is 0 Å². The number of nitrogens with two attached hydrogens (primary N) is 1. The first-order valence-electron chi connectivity index (χ1n) is 6.58. The molecule has 0 aromatic heterocycles. The van der Waals surface area contributed by atoms with Gasteiger partial charge >= 0.3 is 0 Å². The predicted octanol–water partition coefficient (Wildman–Crippen LogP) is 2.89. The minimum atomic E-state index is 0. The Morgan fingerprint density at radius 3 is 2.56 bits per heavy atom. The Morgan fingerprint density at radius 1 is 1.33 bits per heavy atom. The molecule has 2 nitrogen and oxygen atoms in total. The second-order valence-corrected chi connectivity index (χ2v) is 5.49. The van der Waals surface area contributed by atoms with Crippen LogP contribution in [0, 0.1) is 19.8 Å². The maximum absolute atomic E-state index is 5.89. The zero-order valence-electron chi connectivity index (χ0n) is 11.6. The predicted molar refractivity (Wildman–Crippen MR) is 80.2 cm³/mol. The van der Waals surface area contributed by atoms with Crippen LogP contribution in [0.3, 0.4) is 0 Å². The third-order valence-corrected chi connectivity index (χ3v) is 3.90. The van der Waals surface area contributed by atoms with Gasteiger partial charge in [0.1, 0.15) is 0 Å². The van der Waals surface area contributed by atoms with Crippen LogP contribution in [0.2, 0.25) is 0 Å². The number of rotatable bonds is 5. The van der Waals surface area contributed by atoms with Crippen molar-refractivity contribution in [1.29, 1.82) is 0 Å². The zero-order chi connectivity index (χ0) is 12.4. The molecule has 0 amide bonds. The summed E-state index contributed by atoms with van der Waals surface area (Å²) in [6.07, 6.45) is 2.72. The summed E-state index contributed by atoms with van der Waals surface area (Å²) < 4.78 is 0. The van der Waals surface area contributed by atoms with Crippen molar-refractivity contribution in [3.63, 3.8) is 0 Å². The molecule has 1 aromatic carbocycles. The zero-order valence-corrected chi connectivity index (χ0v) is 12.5. The fourth-order valence-electron chi connectivity index (χ4n) is 2.57. The fourth-order valence-corrected chi connectivity index (χ4v) is 2.57. The van der Waals surface area contributed by atoms with Gasteiger partial charge in [-0.1, -0.05) is 23.8 Å². The van der Waals surface area contributed by atoms with Crippen molar-refractivity contribution in [2.24, 2.45) is 11.7 Å². The summed E-state index contributed by atoms with van der Waals surface area (Å²) in [6, 6.07) is 7.26. The van der Waals surface area contributed by atoms with Crippen LogP contribution >= 0.6 is 12.4 Å². The molecule has 0 spiro atoms. The number of hydrogen-bond acceptors (Lipinski definition) is 2. The molecule has 1 aliphatic rings. The van der Waals surface area contributed by atoms with E-state index in [1.165, 1.54) is 29.5 Å². The highest BCUT2D eigenvalue weighted by molar-refractivity contribution is 5.85. The van der Waals surface area contributed by atoms with Crippen LogP contribution in [0.25, 0.3) is 0 Å². The molecule has 1 fully saturated rings. The summed E-state index contributed by atoms with van der Waals surface area (Å²) in [5.41, 5.74) is 10.1. The minimum Gasteiger partial charge on any atom is -0.329 e. The van der Waals surface area contributed by atoms with E-state index in [0.717, 1.165) is 19.0 Å². The van der Waals surface area contributed by atoms with Crippen molar-refractivity contribution in [2.75, 3.05) is 13.6 Å². The Bertz CT molecular complexity index is 388. The van der Waals surface area contributed by atoms with Crippen LogP contribution in [0.5, 0.6) is 0 Å². The van der Waals surface area contributed by atoms with Gasteiger partial charge in [-0.25, -0.2) is 0 Å². The maximum Gasteiger partial charge on any atom is 0.0247 e. The summed E-state index contributed by atoms with van der Waals surface area (Å²) in [6.45, 7) is 6.15. The van der Waals surface area contributed by atoms with Crippen LogP contribution in [0.1, 0.15) is 29.5 Å². The first-order valence-corrected chi connectivity index (χ1v) is 6.58. The number of halogens is 1. The Hall–Kier alpha value is -0.570. The molecule has 1 unspecified atom stereocenters. The smallest absolute Gasteiger partial charge is 0.0247 e. The molecule has 18 heavy (non-hydrogen) atoms. The molecular formula is C15H25ClN2. The van der Waals surface area contributed by atoms with Gasteiger partial charge in [-0.05, 0) is 50.8 Å². The van der Waals surface area contributed by atoms with Gasteiger partial charge in [-0.15, -0.1) is 12.4 Å². The lowest BCUT2D eigenvalue weighted by Crippen LogP contribution is -2.39. The van der Waals surface area contributed by atoms with Gasteiger partial charge in [0.15, 0.2) is 0 Å². The highest BCUT2D eigenvalue weighted by atomic mass is 35.5. The molecule has 2 rings (SSSR count). The van der Waals surface area contributed by atoms with Crippen LogP contribution in [0.4, 0.5) is 0 Å². The molecule has 1 aromatic rings.